The van der Waals surface area contributed by atoms with Gasteiger partial charge in [0, 0.05) is 32.6 Å². The Morgan fingerprint density at radius 1 is 0.500 bits per heavy atom. The van der Waals surface area contributed by atoms with Crippen LogP contribution in [0.2, 0.25) is 0 Å². The minimum absolute atomic E-state index is 0.762. The molecule has 4 radical (unpaired) electrons. The normalized spacial score (nSPS) is 12.0. The number of hydrogen-bond donors (Lipinski definition) is 2. The summed E-state index contributed by atoms with van der Waals surface area (Å²) < 4.78 is 0. The second-order valence-electron chi connectivity index (χ2n) is 5.70. The van der Waals surface area contributed by atoms with E-state index in [4.69, 9.17) is 15.7 Å². The summed E-state index contributed by atoms with van der Waals surface area (Å²) in [5.41, 5.74) is 5.63. The summed E-state index contributed by atoms with van der Waals surface area (Å²) in [6, 6.07) is 16.3. The van der Waals surface area contributed by atoms with Gasteiger partial charge < -0.3 is 9.97 Å². The van der Waals surface area contributed by atoms with Gasteiger partial charge in [-0.2, -0.15) is 0 Å². The predicted octanol–water partition coefficient (Wildman–Crippen LogP) is 2.54. The van der Waals surface area contributed by atoms with Crippen LogP contribution in [0.15, 0.2) is 48.5 Å². The van der Waals surface area contributed by atoms with Crippen LogP contribution in [-0.4, -0.2) is 25.7 Å². The lowest BCUT2D eigenvalue weighted by molar-refractivity contribution is 1.53. The van der Waals surface area contributed by atoms with Gasteiger partial charge in [0.1, 0.15) is 15.7 Å². The number of benzene rings is 3. The average molecular weight is 276 g/mol. The molecule has 0 amide bonds. The molecule has 5 rings (SSSR count). The summed E-state index contributed by atoms with van der Waals surface area (Å²) in [6.07, 6.45) is 0. The number of H-pyrrole nitrogens is 2. The van der Waals surface area contributed by atoms with Crippen molar-refractivity contribution in [3.05, 3.63) is 48.5 Å². The molecule has 2 nitrogen and oxygen atoms in total. The van der Waals surface area contributed by atoms with Crippen LogP contribution in [0.4, 0.5) is 0 Å². The highest BCUT2D eigenvalue weighted by Gasteiger charge is 2.12. The summed E-state index contributed by atoms with van der Waals surface area (Å²) >= 11 is 0. The highest BCUT2D eigenvalue weighted by Crippen LogP contribution is 2.33. The first-order valence-corrected chi connectivity index (χ1v) is 7.23. The molecule has 2 aromatic heterocycles. The van der Waals surface area contributed by atoms with Crippen LogP contribution in [0.3, 0.4) is 0 Å². The molecule has 0 saturated heterocycles. The van der Waals surface area contributed by atoms with E-state index in [9.17, 15) is 0 Å². The zero-order valence-electron chi connectivity index (χ0n) is 11.8. The van der Waals surface area contributed by atoms with E-state index in [1.54, 1.807) is 0 Å². The Bertz CT molecular complexity index is 1100. The first-order valence-electron chi connectivity index (χ1n) is 7.23. The van der Waals surface area contributed by atoms with E-state index in [-0.39, 0.29) is 0 Å². The van der Waals surface area contributed by atoms with Crippen molar-refractivity contribution in [2.75, 3.05) is 0 Å². The van der Waals surface area contributed by atoms with Gasteiger partial charge in [0.25, 0.3) is 0 Å². The molecule has 22 heavy (non-hydrogen) atoms. The molecule has 0 aliphatic heterocycles. The predicted molar refractivity (Wildman–Crippen MR) is 95.9 cm³/mol. The van der Waals surface area contributed by atoms with Crippen LogP contribution < -0.4 is 10.9 Å². The quantitative estimate of drug-likeness (QED) is 0.407. The number of para-hydroxylation sites is 2. The van der Waals surface area contributed by atoms with Gasteiger partial charge in [-0.05, 0) is 0 Å². The minimum atomic E-state index is 0.762. The minimum Gasteiger partial charge on any atom is -0.353 e. The molecule has 0 atom stereocenters. The Hall–Kier alpha value is -2.61. The van der Waals surface area contributed by atoms with Crippen molar-refractivity contribution < 1.29 is 0 Å². The Morgan fingerprint density at radius 3 is 1.36 bits per heavy atom. The van der Waals surface area contributed by atoms with Crippen molar-refractivity contribution >= 4 is 70.2 Å². The molecule has 4 heteroatoms. The molecule has 0 spiro atoms. The van der Waals surface area contributed by atoms with Crippen LogP contribution in [-0.2, 0) is 0 Å². The first kappa shape index (κ1) is 12.0. The number of aromatic nitrogens is 2. The fourth-order valence-corrected chi connectivity index (χ4v) is 3.43. The number of rotatable bonds is 0. The molecule has 0 fully saturated rings. The second kappa shape index (κ2) is 3.98. The lowest BCUT2D eigenvalue weighted by atomic mass is 9.93. The van der Waals surface area contributed by atoms with Crippen LogP contribution in [0.1, 0.15) is 0 Å². The number of nitrogens with one attached hydrogen (secondary N) is 2. The van der Waals surface area contributed by atoms with E-state index in [1.165, 1.54) is 10.8 Å². The topological polar surface area (TPSA) is 31.6 Å². The van der Waals surface area contributed by atoms with E-state index >= 15 is 0 Å². The largest absolute Gasteiger partial charge is 0.353 e. The zero-order valence-corrected chi connectivity index (χ0v) is 11.8. The summed E-state index contributed by atoms with van der Waals surface area (Å²) in [5.74, 6) is 0. The first-order chi connectivity index (χ1) is 10.7. The van der Waals surface area contributed by atoms with Crippen molar-refractivity contribution in [3.8, 4) is 0 Å². The highest BCUT2D eigenvalue weighted by molar-refractivity contribution is 6.41. The number of hydrogen-bond acceptors (Lipinski definition) is 0. The third-order valence-electron chi connectivity index (χ3n) is 4.48. The molecule has 2 heterocycles. The Morgan fingerprint density at radius 2 is 0.909 bits per heavy atom. The van der Waals surface area contributed by atoms with Crippen molar-refractivity contribution in [2.24, 2.45) is 0 Å². The number of aromatic amines is 2. The Labute approximate surface area is 129 Å². The fourth-order valence-electron chi connectivity index (χ4n) is 3.43. The van der Waals surface area contributed by atoms with Gasteiger partial charge >= 0.3 is 0 Å². The molecule has 5 aromatic rings. The van der Waals surface area contributed by atoms with Gasteiger partial charge in [0.2, 0.25) is 0 Å². The van der Waals surface area contributed by atoms with Gasteiger partial charge in [-0.15, -0.1) is 0 Å². The van der Waals surface area contributed by atoms with Crippen LogP contribution in [0.25, 0.3) is 43.6 Å². The molecule has 0 saturated carbocycles. The molecule has 0 unspecified atom stereocenters. The molecule has 0 aliphatic rings. The maximum atomic E-state index is 6.10. The van der Waals surface area contributed by atoms with E-state index < -0.39 is 0 Å². The highest BCUT2D eigenvalue weighted by atomic mass is 14.8. The molecule has 98 valence electrons. The van der Waals surface area contributed by atoms with Crippen molar-refractivity contribution in [1.82, 2.24) is 9.97 Å². The lowest BCUT2D eigenvalue weighted by Gasteiger charge is -1.95. The zero-order chi connectivity index (χ0) is 14.8. The van der Waals surface area contributed by atoms with E-state index in [0.717, 1.165) is 43.8 Å². The molecule has 0 bridgehead atoms. The maximum absolute atomic E-state index is 6.10. The Kier molecular flexibility index (Phi) is 2.17. The third-order valence-corrected chi connectivity index (χ3v) is 4.48. The lowest BCUT2D eigenvalue weighted by Crippen LogP contribution is -2.02. The van der Waals surface area contributed by atoms with Gasteiger partial charge in [-0.1, -0.05) is 59.5 Å². The van der Waals surface area contributed by atoms with Crippen LogP contribution in [0, 0.1) is 0 Å². The molecule has 3 aromatic carbocycles. The standard InChI is InChI=1S/C18H10B2N2/c19-13-5-1-3-9-11-7-8-12-10-4-2-6-14(20)16(10)22-18(12)17(11)21-15(9)13/h1-8,21-22H. The monoisotopic (exact) mass is 276 g/mol. The van der Waals surface area contributed by atoms with Gasteiger partial charge in [-0.25, -0.2) is 0 Å². The fraction of sp³-hybridized carbons (Fsp3) is 0. The summed E-state index contributed by atoms with van der Waals surface area (Å²) in [5, 5.41) is 4.62. The van der Waals surface area contributed by atoms with Crippen molar-refractivity contribution in [2.45, 2.75) is 0 Å². The molecular formula is C18H10B2N2. The average Bonchev–Trinajstić information content (AvgIpc) is 3.07. The Balaban J connectivity index is 2.08. The van der Waals surface area contributed by atoms with Gasteiger partial charge in [-0.3, -0.25) is 0 Å². The molecule has 0 aliphatic carbocycles. The second-order valence-corrected chi connectivity index (χ2v) is 5.70. The summed E-state index contributed by atoms with van der Waals surface area (Å²) in [4.78, 5) is 6.95. The molecule has 2 N–H and O–H groups in total. The molecular weight excluding hydrogens is 266 g/mol. The number of fused-ring (bicyclic) bond motifs is 7. The van der Waals surface area contributed by atoms with Crippen molar-refractivity contribution in [3.63, 3.8) is 0 Å². The maximum Gasteiger partial charge on any atom is 0.116 e. The van der Waals surface area contributed by atoms with E-state index in [1.807, 2.05) is 24.3 Å². The SMILES string of the molecule is [B]c1cccc2c1[nH]c1c2ccc2c3cccc([B])c3[nH]c21. The van der Waals surface area contributed by atoms with Crippen LogP contribution in [0.5, 0.6) is 0 Å². The van der Waals surface area contributed by atoms with Gasteiger partial charge in [0.15, 0.2) is 0 Å². The summed E-state index contributed by atoms with van der Waals surface area (Å²) in [6.45, 7) is 0. The van der Waals surface area contributed by atoms with Crippen LogP contribution >= 0.6 is 0 Å². The van der Waals surface area contributed by atoms with Crippen molar-refractivity contribution in [1.29, 1.82) is 0 Å². The van der Waals surface area contributed by atoms with E-state index in [2.05, 4.69) is 34.2 Å². The smallest absolute Gasteiger partial charge is 0.116 e. The third kappa shape index (κ3) is 1.37. The van der Waals surface area contributed by atoms with E-state index in [0.29, 0.717) is 0 Å². The van der Waals surface area contributed by atoms with Gasteiger partial charge in [0.05, 0.1) is 11.0 Å². The summed E-state index contributed by atoms with van der Waals surface area (Å²) in [7, 11) is 12.2.